The molecule has 1 nitrogen and oxygen atoms in total. The molecule has 9 heteroatoms. The molecule has 0 saturated heterocycles. The third-order valence-electron chi connectivity index (χ3n) is 2.61. The van der Waals surface area contributed by atoms with E-state index in [1.54, 1.807) is 0 Å². The average Bonchev–Trinajstić information content (AvgIpc) is 2.24. The first-order valence-electron chi connectivity index (χ1n) is 4.96. The Morgan fingerprint density at radius 2 is 1.45 bits per heavy atom. The molecular formula is C11H6ClF7O. The second kappa shape index (κ2) is 4.91. The Morgan fingerprint density at radius 3 is 1.80 bits per heavy atom. The molecule has 1 aromatic rings. The normalized spacial score (nSPS) is 13.4. The number of halogens is 8. The zero-order valence-electron chi connectivity index (χ0n) is 9.66. The third kappa shape index (κ3) is 2.48. The lowest BCUT2D eigenvalue weighted by atomic mass is 9.86. The number of aryl methyl sites for hydroxylation is 1. The molecule has 0 aromatic heterocycles. The molecule has 0 bridgehead atoms. The van der Waals surface area contributed by atoms with Crippen LogP contribution in [0.25, 0.3) is 0 Å². The van der Waals surface area contributed by atoms with E-state index in [1.807, 2.05) is 0 Å². The summed E-state index contributed by atoms with van der Waals surface area (Å²) in [6, 6.07) is 2.43. The number of carbonyl (C=O) groups excluding carboxylic acids is 1. The Hall–Kier alpha value is -1.31. The number of rotatable bonds is 2. The summed E-state index contributed by atoms with van der Waals surface area (Å²) in [5.74, 6) is 0. The number of alkyl halides is 7. The topological polar surface area (TPSA) is 17.1 Å². The second-order valence-electron chi connectivity index (χ2n) is 3.93. The average molecular weight is 323 g/mol. The Bertz CT molecular complexity index is 519. The van der Waals surface area contributed by atoms with Crippen LogP contribution in [0.3, 0.4) is 0 Å². The first kappa shape index (κ1) is 16.7. The minimum atomic E-state index is -6.29. The number of benzene rings is 1. The fourth-order valence-electron chi connectivity index (χ4n) is 1.73. The van der Waals surface area contributed by atoms with E-state index < -0.39 is 40.0 Å². The van der Waals surface area contributed by atoms with Gasteiger partial charge in [-0.25, -0.2) is 4.39 Å². The summed E-state index contributed by atoms with van der Waals surface area (Å²) in [6.45, 7) is 0.824. The van der Waals surface area contributed by atoms with E-state index in [2.05, 4.69) is 0 Å². The Kier molecular flexibility index (Phi) is 4.11. The minimum absolute atomic E-state index is 0.601. The number of carbonyl (C=O) groups is 1. The summed E-state index contributed by atoms with van der Waals surface area (Å²) in [5, 5.41) is -1.61. The molecule has 1 rings (SSSR count). The van der Waals surface area contributed by atoms with Crippen LogP contribution in [0.15, 0.2) is 18.2 Å². The van der Waals surface area contributed by atoms with Gasteiger partial charge in [-0.3, -0.25) is 4.79 Å². The van der Waals surface area contributed by atoms with Crippen molar-refractivity contribution in [3.8, 4) is 0 Å². The lowest BCUT2D eigenvalue weighted by Gasteiger charge is -2.32. The quantitative estimate of drug-likeness (QED) is 0.571. The molecule has 0 amide bonds. The molecule has 20 heavy (non-hydrogen) atoms. The first-order chi connectivity index (χ1) is 8.84. The fourth-order valence-corrected chi connectivity index (χ4v) is 1.89. The predicted molar refractivity (Wildman–Crippen MR) is 56.3 cm³/mol. The van der Waals surface area contributed by atoms with E-state index in [0.717, 1.165) is 19.1 Å². The van der Waals surface area contributed by atoms with Gasteiger partial charge in [0.1, 0.15) is 0 Å². The summed E-state index contributed by atoms with van der Waals surface area (Å²) in [7, 11) is 0. The molecule has 0 aliphatic carbocycles. The lowest BCUT2D eigenvalue weighted by Crippen LogP contribution is -2.51. The highest BCUT2D eigenvalue weighted by Crippen LogP contribution is 2.54. The van der Waals surface area contributed by atoms with Crippen LogP contribution in [0.5, 0.6) is 0 Å². The molecule has 1 aromatic carbocycles. The van der Waals surface area contributed by atoms with Crippen LogP contribution < -0.4 is 0 Å². The van der Waals surface area contributed by atoms with Crippen LogP contribution in [0.1, 0.15) is 21.5 Å². The van der Waals surface area contributed by atoms with Gasteiger partial charge in [0.25, 0.3) is 5.24 Å². The molecule has 0 atom stereocenters. The molecule has 0 heterocycles. The molecule has 0 N–H and O–H groups in total. The van der Waals surface area contributed by atoms with Gasteiger partial charge in [-0.15, -0.1) is 0 Å². The molecule has 0 aliphatic rings. The van der Waals surface area contributed by atoms with Crippen molar-refractivity contribution in [1.29, 1.82) is 0 Å². The van der Waals surface area contributed by atoms with Gasteiger partial charge in [-0.2, -0.15) is 26.3 Å². The van der Waals surface area contributed by atoms with Gasteiger partial charge in [0.05, 0.1) is 0 Å². The summed E-state index contributed by atoms with van der Waals surface area (Å²) >= 11 is 4.95. The highest BCUT2D eigenvalue weighted by molar-refractivity contribution is 6.68. The van der Waals surface area contributed by atoms with Gasteiger partial charge >= 0.3 is 18.0 Å². The molecule has 0 aliphatic heterocycles. The molecule has 0 saturated carbocycles. The molecule has 112 valence electrons. The van der Waals surface area contributed by atoms with Crippen molar-refractivity contribution in [1.82, 2.24) is 0 Å². The van der Waals surface area contributed by atoms with Crippen molar-refractivity contribution in [2.24, 2.45) is 0 Å². The van der Waals surface area contributed by atoms with E-state index >= 15 is 0 Å². The zero-order valence-corrected chi connectivity index (χ0v) is 10.4. The molecule has 0 radical (unpaired) electrons. The third-order valence-corrected chi connectivity index (χ3v) is 2.81. The standard InChI is InChI=1S/C11H6ClF7O/c1-5-3-2-4-6(8(12)20)7(5)9(13,10(14,15)16)11(17,18)19/h2-4H,1H3. The maximum Gasteiger partial charge on any atom is 0.435 e. The Morgan fingerprint density at radius 1 is 1.00 bits per heavy atom. The second-order valence-corrected chi connectivity index (χ2v) is 4.27. The minimum Gasteiger partial charge on any atom is -0.276 e. The Balaban J connectivity index is 3.82. The molecular weight excluding hydrogens is 317 g/mol. The lowest BCUT2D eigenvalue weighted by molar-refractivity contribution is -0.348. The van der Waals surface area contributed by atoms with Gasteiger partial charge in [-0.05, 0) is 30.2 Å². The summed E-state index contributed by atoms with van der Waals surface area (Å²) < 4.78 is 89.9. The number of hydrogen-bond donors (Lipinski definition) is 0. The zero-order chi connectivity index (χ0) is 15.9. The van der Waals surface area contributed by atoms with Crippen LogP contribution in [-0.4, -0.2) is 17.6 Å². The van der Waals surface area contributed by atoms with E-state index in [9.17, 15) is 35.5 Å². The van der Waals surface area contributed by atoms with Crippen LogP contribution in [0, 0.1) is 6.92 Å². The summed E-state index contributed by atoms with van der Waals surface area (Å²) in [5.41, 5.74) is -9.37. The van der Waals surface area contributed by atoms with E-state index in [1.165, 1.54) is 0 Å². The highest BCUT2D eigenvalue weighted by atomic mass is 35.5. The first-order valence-corrected chi connectivity index (χ1v) is 5.34. The smallest absolute Gasteiger partial charge is 0.276 e. The van der Waals surface area contributed by atoms with Gasteiger partial charge < -0.3 is 0 Å². The van der Waals surface area contributed by atoms with E-state index in [0.29, 0.717) is 6.07 Å². The van der Waals surface area contributed by atoms with Crippen molar-refractivity contribution in [3.63, 3.8) is 0 Å². The van der Waals surface area contributed by atoms with Gasteiger partial charge in [0.2, 0.25) is 0 Å². The number of hydrogen-bond acceptors (Lipinski definition) is 1. The van der Waals surface area contributed by atoms with Crippen molar-refractivity contribution < 1.29 is 35.5 Å². The predicted octanol–water partition coefficient (Wildman–Crippen LogP) is 4.66. The van der Waals surface area contributed by atoms with Crippen LogP contribution in [-0.2, 0) is 5.67 Å². The van der Waals surface area contributed by atoms with E-state index in [-0.39, 0.29) is 0 Å². The molecule has 0 fully saturated rings. The van der Waals surface area contributed by atoms with Gasteiger partial charge in [0.15, 0.2) is 0 Å². The highest BCUT2D eigenvalue weighted by Gasteiger charge is 2.74. The van der Waals surface area contributed by atoms with Crippen molar-refractivity contribution in [2.45, 2.75) is 24.9 Å². The van der Waals surface area contributed by atoms with Crippen LogP contribution >= 0.6 is 11.6 Å². The molecule has 0 unspecified atom stereocenters. The van der Waals surface area contributed by atoms with Crippen molar-refractivity contribution >= 4 is 16.8 Å². The Labute approximate surface area is 113 Å². The fraction of sp³-hybridized carbons (Fsp3) is 0.364. The van der Waals surface area contributed by atoms with E-state index in [4.69, 9.17) is 11.6 Å². The summed E-state index contributed by atoms with van der Waals surface area (Å²) in [4.78, 5) is 11.0. The van der Waals surface area contributed by atoms with Gasteiger partial charge in [0, 0.05) is 11.1 Å². The maximum atomic E-state index is 14.0. The van der Waals surface area contributed by atoms with Crippen molar-refractivity contribution in [3.05, 3.63) is 34.9 Å². The van der Waals surface area contributed by atoms with Crippen LogP contribution in [0.2, 0.25) is 0 Å². The maximum absolute atomic E-state index is 14.0. The SMILES string of the molecule is Cc1cccc(C(=O)Cl)c1C(F)(C(F)(F)F)C(F)(F)F. The van der Waals surface area contributed by atoms with Gasteiger partial charge in [-0.1, -0.05) is 12.1 Å². The summed E-state index contributed by atoms with van der Waals surface area (Å²) in [6.07, 6.45) is -12.6. The monoisotopic (exact) mass is 322 g/mol. The van der Waals surface area contributed by atoms with Crippen molar-refractivity contribution in [2.75, 3.05) is 0 Å². The van der Waals surface area contributed by atoms with Crippen LogP contribution in [0.4, 0.5) is 30.7 Å². The largest absolute Gasteiger partial charge is 0.435 e. The molecule has 0 spiro atoms.